The van der Waals surface area contributed by atoms with Crippen LogP contribution in [0.2, 0.25) is 5.02 Å². The Morgan fingerprint density at radius 2 is 1.88 bits per heavy atom. The first-order valence-electron chi connectivity index (χ1n) is 8.30. The van der Waals surface area contributed by atoms with Crippen LogP contribution in [0.3, 0.4) is 0 Å². The molecule has 1 saturated heterocycles. The van der Waals surface area contributed by atoms with Crippen molar-refractivity contribution in [3.05, 3.63) is 28.3 Å². The molecule has 0 saturated carbocycles. The minimum Gasteiger partial charge on any atom is -0.490 e. The van der Waals surface area contributed by atoms with Gasteiger partial charge < -0.3 is 9.47 Å². The Balaban J connectivity index is 0.00000288. The number of hydrogen-bond acceptors (Lipinski definition) is 4. The molecule has 2 rings (SSSR count). The van der Waals surface area contributed by atoms with Crippen LogP contribution >= 0.6 is 24.0 Å². The maximum Gasteiger partial charge on any atom is 0.309 e. The van der Waals surface area contributed by atoms with Gasteiger partial charge in [-0.3, -0.25) is 9.69 Å². The highest BCUT2D eigenvalue weighted by atomic mass is 35.5. The van der Waals surface area contributed by atoms with Crippen molar-refractivity contribution in [1.29, 1.82) is 0 Å². The molecule has 0 N–H and O–H groups in total. The van der Waals surface area contributed by atoms with Crippen LogP contribution in [0.5, 0.6) is 5.75 Å². The van der Waals surface area contributed by atoms with Gasteiger partial charge in [-0.15, -0.1) is 12.4 Å². The summed E-state index contributed by atoms with van der Waals surface area (Å²) in [6.45, 7) is 9.57. The summed E-state index contributed by atoms with van der Waals surface area (Å²) >= 11 is 6.31. The number of benzene rings is 1. The second-order valence-electron chi connectivity index (χ2n) is 6.06. The maximum absolute atomic E-state index is 11.7. The van der Waals surface area contributed by atoms with E-state index in [1.807, 2.05) is 32.9 Å². The molecule has 1 aliphatic heterocycles. The first-order chi connectivity index (χ1) is 11.0. The molecule has 0 amide bonds. The second kappa shape index (κ2) is 10.1. The lowest BCUT2D eigenvalue weighted by Gasteiger charge is -2.30. The number of hydrogen-bond donors (Lipinski definition) is 0. The van der Waals surface area contributed by atoms with Crippen LogP contribution in [0.15, 0.2) is 12.1 Å². The van der Waals surface area contributed by atoms with Crippen molar-refractivity contribution in [2.24, 2.45) is 5.92 Å². The van der Waals surface area contributed by atoms with E-state index in [1.165, 1.54) is 0 Å². The van der Waals surface area contributed by atoms with Gasteiger partial charge in [-0.25, -0.2) is 0 Å². The normalized spacial score (nSPS) is 15.7. The van der Waals surface area contributed by atoms with Crippen LogP contribution in [0.1, 0.15) is 30.9 Å². The number of piperidine rings is 1. The lowest BCUT2D eigenvalue weighted by Crippen LogP contribution is -2.39. The summed E-state index contributed by atoms with van der Waals surface area (Å²) in [6.07, 6.45) is 1.73. The zero-order chi connectivity index (χ0) is 16.8. The number of carbonyl (C=O) groups excluding carboxylic acids is 1. The Kier molecular flexibility index (Phi) is 8.88. The topological polar surface area (TPSA) is 38.8 Å². The maximum atomic E-state index is 11.7. The van der Waals surface area contributed by atoms with Crippen molar-refractivity contribution in [2.75, 3.05) is 32.8 Å². The summed E-state index contributed by atoms with van der Waals surface area (Å²) in [6, 6.07) is 4.03. The lowest BCUT2D eigenvalue weighted by molar-refractivity contribution is -0.149. The van der Waals surface area contributed by atoms with Gasteiger partial charge in [-0.1, -0.05) is 23.7 Å². The van der Waals surface area contributed by atoms with E-state index in [2.05, 4.69) is 4.90 Å². The molecule has 0 aliphatic carbocycles. The largest absolute Gasteiger partial charge is 0.490 e. The van der Waals surface area contributed by atoms with Crippen molar-refractivity contribution >= 4 is 30.0 Å². The highest BCUT2D eigenvalue weighted by Gasteiger charge is 2.25. The van der Waals surface area contributed by atoms with Gasteiger partial charge >= 0.3 is 5.97 Å². The molecule has 1 fully saturated rings. The van der Waals surface area contributed by atoms with E-state index in [-0.39, 0.29) is 24.3 Å². The van der Waals surface area contributed by atoms with Gasteiger partial charge in [0.2, 0.25) is 0 Å². The van der Waals surface area contributed by atoms with Crippen LogP contribution in [0, 0.1) is 19.8 Å². The van der Waals surface area contributed by atoms with Crippen LogP contribution in [0.25, 0.3) is 0 Å². The SMILES string of the molecule is CCOC(=O)C1CCN(CCOc2c(C)ccc(C)c2Cl)CC1.Cl. The quantitative estimate of drug-likeness (QED) is 0.703. The number of nitrogens with zero attached hydrogens (tertiary/aromatic N) is 1. The number of likely N-dealkylation sites (tertiary alicyclic amines) is 1. The second-order valence-corrected chi connectivity index (χ2v) is 6.44. The van der Waals surface area contributed by atoms with E-state index < -0.39 is 0 Å². The number of halogens is 2. The van der Waals surface area contributed by atoms with Crippen LogP contribution < -0.4 is 4.74 Å². The molecule has 136 valence electrons. The summed E-state index contributed by atoms with van der Waals surface area (Å²) < 4.78 is 11.0. The highest BCUT2D eigenvalue weighted by molar-refractivity contribution is 6.32. The standard InChI is InChI=1S/C18H26ClNO3.ClH/c1-4-22-18(21)15-7-9-20(10-8-15)11-12-23-17-14(3)6-5-13(2)16(17)19;/h5-6,15H,4,7-12H2,1-3H3;1H. The molecule has 6 heteroatoms. The first kappa shape index (κ1) is 21.1. The van der Waals surface area contributed by atoms with E-state index in [9.17, 15) is 4.79 Å². The van der Waals surface area contributed by atoms with Gasteiger partial charge in [0.15, 0.2) is 0 Å². The van der Waals surface area contributed by atoms with Gasteiger partial charge in [0.1, 0.15) is 12.4 Å². The van der Waals surface area contributed by atoms with Crippen molar-refractivity contribution in [3.63, 3.8) is 0 Å². The number of carbonyl (C=O) groups is 1. The number of rotatable bonds is 6. The van der Waals surface area contributed by atoms with Crippen LogP contribution in [-0.4, -0.2) is 43.7 Å². The zero-order valence-corrected chi connectivity index (χ0v) is 16.2. The summed E-state index contributed by atoms with van der Waals surface area (Å²) in [5.41, 5.74) is 2.09. The summed E-state index contributed by atoms with van der Waals surface area (Å²) in [4.78, 5) is 14.1. The molecule has 1 heterocycles. The summed E-state index contributed by atoms with van der Waals surface area (Å²) in [5, 5.41) is 0.700. The summed E-state index contributed by atoms with van der Waals surface area (Å²) in [5.74, 6) is 0.791. The first-order valence-corrected chi connectivity index (χ1v) is 8.68. The molecular weight excluding hydrogens is 349 g/mol. The van der Waals surface area contributed by atoms with Crippen molar-refractivity contribution in [2.45, 2.75) is 33.6 Å². The Morgan fingerprint density at radius 3 is 2.50 bits per heavy atom. The molecule has 0 bridgehead atoms. The van der Waals surface area contributed by atoms with E-state index >= 15 is 0 Å². The monoisotopic (exact) mass is 375 g/mol. The fraction of sp³-hybridized carbons (Fsp3) is 0.611. The highest BCUT2D eigenvalue weighted by Crippen LogP contribution is 2.31. The molecule has 0 radical (unpaired) electrons. The van der Waals surface area contributed by atoms with Gasteiger partial charge in [-0.05, 0) is 57.8 Å². The van der Waals surface area contributed by atoms with Gasteiger partial charge in [0.05, 0.1) is 17.5 Å². The molecule has 0 unspecified atom stereocenters. The van der Waals surface area contributed by atoms with Crippen LogP contribution in [-0.2, 0) is 9.53 Å². The molecule has 24 heavy (non-hydrogen) atoms. The lowest BCUT2D eigenvalue weighted by atomic mass is 9.97. The predicted molar refractivity (Wildman–Crippen MR) is 99.5 cm³/mol. The average molecular weight is 376 g/mol. The molecular formula is C18H27Cl2NO3. The van der Waals surface area contributed by atoms with Crippen molar-refractivity contribution < 1.29 is 14.3 Å². The molecule has 1 aromatic rings. The molecule has 0 aromatic heterocycles. The minimum absolute atomic E-state index is 0. The minimum atomic E-state index is -0.0504. The van der Waals surface area contributed by atoms with E-state index in [1.54, 1.807) is 0 Å². The molecule has 0 atom stereocenters. The number of ether oxygens (including phenoxy) is 2. The molecule has 0 spiro atoms. The Labute approximate surface area is 155 Å². The Bertz CT molecular complexity index is 543. The van der Waals surface area contributed by atoms with Gasteiger partial charge in [0.25, 0.3) is 0 Å². The Morgan fingerprint density at radius 1 is 1.25 bits per heavy atom. The van der Waals surface area contributed by atoms with E-state index in [0.29, 0.717) is 18.2 Å². The third kappa shape index (κ3) is 5.54. The van der Waals surface area contributed by atoms with E-state index in [0.717, 1.165) is 49.4 Å². The van der Waals surface area contributed by atoms with Crippen molar-refractivity contribution in [3.8, 4) is 5.75 Å². The van der Waals surface area contributed by atoms with Gasteiger partial charge in [-0.2, -0.15) is 0 Å². The van der Waals surface area contributed by atoms with E-state index in [4.69, 9.17) is 21.1 Å². The predicted octanol–water partition coefficient (Wildman–Crippen LogP) is 4.03. The third-order valence-corrected chi connectivity index (χ3v) is 4.82. The van der Waals surface area contributed by atoms with Crippen LogP contribution in [0.4, 0.5) is 0 Å². The van der Waals surface area contributed by atoms with Crippen molar-refractivity contribution in [1.82, 2.24) is 4.90 Å². The number of esters is 1. The third-order valence-electron chi connectivity index (χ3n) is 4.35. The number of aryl methyl sites for hydroxylation is 2. The fourth-order valence-electron chi connectivity index (χ4n) is 2.86. The van der Waals surface area contributed by atoms with Gasteiger partial charge in [0, 0.05) is 6.54 Å². The smallest absolute Gasteiger partial charge is 0.309 e. The average Bonchev–Trinajstić information content (AvgIpc) is 2.55. The fourth-order valence-corrected chi connectivity index (χ4v) is 3.12. The zero-order valence-electron chi connectivity index (χ0n) is 14.6. The molecule has 4 nitrogen and oxygen atoms in total. The molecule has 1 aliphatic rings. The molecule has 1 aromatic carbocycles. The summed E-state index contributed by atoms with van der Waals surface area (Å²) in [7, 11) is 0. The Hall–Kier alpha value is -0.970.